The molecule has 0 aromatic heterocycles. The Kier molecular flexibility index (Phi) is 3.13. The molecule has 0 radical (unpaired) electrons. The second-order valence-electron chi connectivity index (χ2n) is 6.95. The summed E-state index contributed by atoms with van der Waals surface area (Å²) < 4.78 is 6.23. The Balaban J connectivity index is 2.18. The maximum absolute atomic E-state index is 13.5. The number of esters is 1. The molecule has 0 unspecified atom stereocenters. The zero-order valence-electron chi connectivity index (χ0n) is 14.3. The van der Waals surface area contributed by atoms with Crippen molar-refractivity contribution in [3.8, 4) is 6.07 Å². The molecule has 1 aromatic carbocycles. The maximum atomic E-state index is 13.5. The van der Waals surface area contributed by atoms with Crippen LogP contribution in [0.15, 0.2) is 45.3 Å². The molecular weight excluding hydrogens is 400 g/mol. The topological polar surface area (TPSA) is 108 Å². The van der Waals surface area contributed by atoms with E-state index in [0.29, 0.717) is 16.9 Å². The van der Waals surface area contributed by atoms with E-state index in [2.05, 4.69) is 21.2 Å². The van der Waals surface area contributed by atoms with Gasteiger partial charge in [0.1, 0.15) is 22.9 Å². The predicted molar refractivity (Wildman–Crippen MR) is 96.4 cm³/mol. The van der Waals surface area contributed by atoms with Gasteiger partial charge in [-0.3, -0.25) is 4.79 Å². The van der Waals surface area contributed by atoms with E-state index in [1.807, 2.05) is 6.07 Å². The van der Waals surface area contributed by atoms with Crippen LogP contribution < -0.4 is 16.0 Å². The fourth-order valence-electron chi connectivity index (χ4n) is 4.02. The van der Waals surface area contributed by atoms with Crippen LogP contribution in [0.2, 0.25) is 0 Å². The molecule has 1 amide bonds. The average Bonchev–Trinajstić information content (AvgIpc) is 2.91. The Morgan fingerprint density at radius 2 is 2.04 bits per heavy atom. The van der Waals surface area contributed by atoms with Crippen molar-refractivity contribution in [2.24, 2.45) is 5.73 Å². The molecule has 7 nitrogen and oxygen atoms in total. The van der Waals surface area contributed by atoms with Crippen molar-refractivity contribution in [1.29, 1.82) is 5.26 Å². The Morgan fingerprint density at radius 1 is 1.35 bits per heavy atom. The molecule has 0 bridgehead atoms. The molecule has 1 spiro atoms. The Labute approximate surface area is 158 Å². The van der Waals surface area contributed by atoms with Crippen molar-refractivity contribution >= 4 is 33.5 Å². The minimum atomic E-state index is -1.61. The van der Waals surface area contributed by atoms with Crippen molar-refractivity contribution in [3.05, 3.63) is 50.9 Å². The maximum Gasteiger partial charge on any atom is 0.338 e. The van der Waals surface area contributed by atoms with E-state index in [1.54, 1.807) is 39.1 Å². The van der Waals surface area contributed by atoms with Crippen molar-refractivity contribution in [3.63, 3.8) is 0 Å². The first-order chi connectivity index (χ1) is 12.2. The van der Waals surface area contributed by atoms with E-state index >= 15 is 0 Å². The van der Waals surface area contributed by atoms with Crippen LogP contribution in [0, 0.1) is 11.3 Å². The van der Waals surface area contributed by atoms with Gasteiger partial charge in [0.15, 0.2) is 0 Å². The number of nitrogens with one attached hydrogen (secondary N) is 1. The van der Waals surface area contributed by atoms with Crippen molar-refractivity contribution < 1.29 is 14.3 Å². The Bertz CT molecular complexity index is 1020. The largest absolute Gasteiger partial charge is 0.450 e. The number of carbonyl (C=O) groups excluding carboxylic acids is 2. The van der Waals surface area contributed by atoms with Crippen LogP contribution in [0.4, 0.5) is 5.69 Å². The van der Waals surface area contributed by atoms with E-state index < -0.39 is 22.9 Å². The van der Waals surface area contributed by atoms with Gasteiger partial charge < -0.3 is 20.7 Å². The first-order valence-electron chi connectivity index (χ1n) is 7.90. The number of amides is 1. The van der Waals surface area contributed by atoms with E-state index in [0.717, 1.165) is 4.47 Å². The first kappa shape index (κ1) is 16.7. The summed E-state index contributed by atoms with van der Waals surface area (Å²) in [6.07, 6.45) is 0. The van der Waals surface area contributed by atoms with Crippen LogP contribution in [0.1, 0.15) is 19.4 Å². The molecule has 0 saturated heterocycles. The lowest BCUT2D eigenvalue weighted by molar-refractivity contribution is -0.145. The number of rotatable bonds is 0. The second kappa shape index (κ2) is 4.89. The molecule has 1 atom stereocenters. The number of nitrogens with two attached hydrogens (primary N) is 1. The van der Waals surface area contributed by atoms with Crippen molar-refractivity contribution in [2.75, 3.05) is 11.9 Å². The minimum Gasteiger partial charge on any atom is -0.450 e. The summed E-state index contributed by atoms with van der Waals surface area (Å²) in [5.74, 6) is -0.992. The molecule has 3 aliphatic rings. The summed E-state index contributed by atoms with van der Waals surface area (Å²) in [4.78, 5) is 27.7. The van der Waals surface area contributed by atoms with Crippen LogP contribution in [0.5, 0.6) is 0 Å². The molecular formula is C18H15BrN4O3. The molecule has 3 aliphatic heterocycles. The van der Waals surface area contributed by atoms with Crippen LogP contribution in [-0.2, 0) is 19.7 Å². The zero-order chi connectivity index (χ0) is 19.0. The number of benzene rings is 1. The molecule has 0 fully saturated rings. The Morgan fingerprint density at radius 3 is 2.69 bits per heavy atom. The summed E-state index contributed by atoms with van der Waals surface area (Å²) in [6.45, 7) is 3.42. The van der Waals surface area contributed by atoms with Gasteiger partial charge in [-0.2, -0.15) is 5.26 Å². The number of halogens is 1. The number of ether oxygens (including phenoxy) is 1. The number of cyclic esters (lactones) is 1. The quantitative estimate of drug-likeness (QED) is 0.623. The van der Waals surface area contributed by atoms with Gasteiger partial charge in [-0.1, -0.05) is 15.9 Å². The highest BCUT2D eigenvalue weighted by Crippen LogP contribution is 2.56. The zero-order valence-corrected chi connectivity index (χ0v) is 15.9. The van der Waals surface area contributed by atoms with Gasteiger partial charge >= 0.3 is 5.97 Å². The molecule has 26 heavy (non-hydrogen) atoms. The van der Waals surface area contributed by atoms with Crippen LogP contribution in [0.25, 0.3) is 0 Å². The number of dihydropyridines is 1. The molecule has 1 aromatic rings. The number of hydrogen-bond acceptors (Lipinski definition) is 6. The van der Waals surface area contributed by atoms with Gasteiger partial charge in [0.2, 0.25) is 5.91 Å². The van der Waals surface area contributed by atoms with Gasteiger partial charge in [0.05, 0.1) is 16.8 Å². The monoisotopic (exact) mass is 414 g/mol. The normalized spacial score (nSPS) is 25.9. The lowest BCUT2D eigenvalue weighted by Gasteiger charge is -2.34. The second-order valence-corrected chi connectivity index (χ2v) is 7.87. The Hall–Kier alpha value is -2.79. The molecule has 0 saturated carbocycles. The smallest absolute Gasteiger partial charge is 0.338 e. The molecule has 4 rings (SSSR count). The highest BCUT2D eigenvalue weighted by atomic mass is 79.9. The summed E-state index contributed by atoms with van der Waals surface area (Å²) in [6, 6.07) is 7.36. The summed E-state index contributed by atoms with van der Waals surface area (Å²) >= 11 is 3.41. The standard InChI is InChI=1S/C18H15BrN4O3/c1-17(2)13-12(15(24)26-17)18(10(7-20)14(21)22-13)9-6-8(19)4-5-11(9)23(3)16(18)25/h4-6,22H,21H2,1-3H3/t18-/m0/s1. The highest BCUT2D eigenvalue weighted by Gasteiger charge is 2.64. The minimum absolute atomic E-state index is 0.000370. The number of nitriles is 1. The molecule has 0 aliphatic carbocycles. The van der Waals surface area contributed by atoms with Gasteiger partial charge in [-0.05, 0) is 32.0 Å². The number of carbonyl (C=O) groups is 2. The SMILES string of the molecule is CN1C(=O)[C@]2(C(C#N)=C(N)NC3=C2C(=O)OC3(C)C)c2cc(Br)ccc21. The summed E-state index contributed by atoms with van der Waals surface area (Å²) in [5, 5.41) is 12.8. The van der Waals surface area contributed by atoms with E-state index in [-0.39, 0.29) is 17.0 Å². The third-order valence-corrected chi connectivity index (χ3v) is 5.64. The highest BCUT2D eigenvalue weighted by molar-refractivity contribution is 9.10. The number of anilines is 1. The van der Waals surface area contributed by atoms with Crippen molar-refractivity contribution in [2.45, 2.75) is 24.9 Å². The average molecular weight is 415 g/mol. The fraction of sp³-hybridized carbons (Fsp3) is 0.278. The molecule has 3 heterocycles. The first-order valence-corrected chi connectivity index (χ1v) is 8.69. The molecule has 3 N–H and O–H groups in total. The molecule has 132 valence electrons. The van der Waals surface area contributed by atoms with Crippen molar-refractivity contribution in [1.82, 2.24) is 5.32 Å². The predicted octanol–water partition coefficient (Wildman–Crippen LogP) is 1.55. The number of likely N-dealkylation sites (N-methyl/N-ethyl adjacent to an activating group) is 1. The van der Waals surface area contributed by atoms with E-state index in [1.165, 1.54) is 4.90 Å². The van der Waals surface area contributed by atoms with Gasteiger partial charge in [-0.25, -0.2) is 4.79 Å². The lowest BCUT2D eigenvalue weighted by Crippen LogP contribution is -2.49. The third kappa shape index (κ3) is 1.71. The van der Waals surface area contributed by atoms with Crippen LogP contribution >= 0.6 is 15.9 Å². The van der Waals surface area contributed by atoms with Gasteiger partial charge in [-0.15, -0.1) is 0 Å². The van der Waals surface area contributed by atoms with Gasteiger partial charge in [0, 0.05) is 22.8 Å². The van der Waals surface area contributed by atoms with Gasteiger partial charge in [0.25, 0.3) is 0 Å². The number of hydrogen-bond donors (Lipinski definition) is 2. The number of fused-ring (bicyclic) bond motifs is 3. The summed E-state index contributed by atoms with van der Waals surface area (Å²) in [5.41, 5.74) is 5.21. The van der Waals surface area contributed by atoms with E-state index in [4.69, 9.17) is 10.5 Å². The van der Waals surface area contributed by atoms with Crippen LogP contribution in [0.3, 0.4) is 0 Å². The fourth-order valence-corrected chi connectivity index (χ4v) is 4.38. The third-order valence-electron chi connectivity index (χ3n) is 5.14. The van der Waals surface area contributed by atoms with E-state index in [9.17, 15) is 14.9 Å². The lowest BCUT2D eigenvalue weighted by atomic mass is 9.67. The molecule has 8 heteroatoms. The summed E-state index contributed by atoms with van der Waals surface area (Å²) in [7, 11) is 1.61. The number of nitrogens with zero attached hydrogens (tertiary/aromatic N) is 2. The van der Waals surface area contributed by atoms with Crippen LogP contribution in [-0.4, -0.2) is 24.5 Å².